The van der Waals surface area contributed by atoms with Gasteiger partial charge in [-0.05, 0) is 24.1 Å². The highest BCUT2D eigenvalue weighted by atomic mass is 16.2. The van der Waals surface area contributed by atoms with E-state index in [0.717, 1.165) is 5.56 Å². The van der Waals surface area contributed by atoms with Crippen molar-refractivity contribution in [1.82, 2.24) is 9.80 Å². The molecule has 0 heterocycles. The van der Waals surface area contributed by atoms with Crippen molar-refractivity contribution in [2.75, 3.05) is 33.4 Å². The smallest absolute Gasteiger partial charge is 0.241 e. The number of aryl methyl sites for hydroxylation is 1. The second kappa shape index (κ2) is 6.78. The fraction of sp³-hybridized carbons (Fsp3) is 0.429. The van der Waals surface area contributed by atoms with E-state index in [4.69, 9.17) is 5.73 Å². The van der Waals surface area contributed by atoms with Gasteiger partial charge < -0.3 is 15.5 Å². The van der Waals surface area contributed by atoms with Gasteiger partial charge in [0.1, 0.15) is 0 Å². The summed E-state index contributed by atoms with van der Waals surface area (Å²) in [5.74, 6) is -0.115. The minimum absolute atomic E-state index is 0.0352. The maximum absolute atomic E-state index is 11.9. The molecule has 0 radical (unpaired) electrons. The lowest BCUT2D eigenvalue weighted by atomic mass is 10.1. The molecule has 5 heteroatoms. The van der Waals surface area contributed by atoms with Gasteiger partial charge in [-0.1, -0.05) is 12.1 Å². The summed E-state index contributed by atoms with van der Waals surface area (Å²) in [6.45, 7) is 0.119. The number of nitrogen functional groups attached to an aromatic ring is 1. The minimum Gasteiger partial charge on any atom is -0.399 e. The molecule has 2 N–H and O–H groups in total. The summed E-state index contributed by atoms with van der Waals surface area (Å²) in [6, 6.07) is 7.46. The quantitative estimate of drug-likeness (QED) is 0.797. The van der Waals surface area contributed by atoms with Gasteiger partial charge in [-0.3, -0.25) is 9.59 Å². The van der Waals surface area contributed by atoms with Crippen molar-refractivity contribution in [1.29, 1.82) is 0 Å². The van der Waals surface area contributed by atoms with Crippen LogP contribution in [0.3, 0.4) is 0 Å². The molecule has 0 bridgehead atoms. The summed E-state index contributed by atoms with van der Waals surface area (Å²) in [6.07, 6.45) is 1.04. The molecule has 0 fully saturated rings. The van der Waals surface area contributed by atoms with Crippen molar-refractivity contribution >= 4 is 17.5 Å². The number of hydrogen-bond acceptors (Lipinski definition) is 3. The Morgan fingerprint density at radius 1 is 1.05 bits per heavy atom. The zero-order chi connectivity index (χ0) is 14.4. The molecule has 0 aromatic heterocycles. The van der Waals surface area contributed by atoms with Gasteiger partial charge in [0.15, 0.2) is 0 Å². The van der Waals surface area contributed by atoms with Crippen molar-refractivity contribution in [2.45, 2.75) is 12.8 Å². The normalized spacial score (nSPS) is 10.1. The van der Waals surface area contributed by atoms with Crippen LogP contribution in [0.25, 0.3) is 0 Å². The average Bonchev–Trinajstić information content (AvgIpc) is 2.37. The molecule has 0 saturated heterocycles. The molecule has 0 atom stereocenters. The van der Waals surface area contributed by atoms with Crippen LogP contribution in [0.2, 0.25) is 0 Å². The third-order valence-corrected chi connectivity index (χ3v) is 2.90. The van der Waals surface area contributed by atoms with E-state index in [9.17, 15) is 9.59 Å². The Morgan fingerprint density at radius 2 is 1.63 bits per heavy atom. The summed E-state index contributed by atoms with van der Waals surface area (Å²) in [5.41, 5.74) is 7.37. The number of anilines is 1. The van der Waals surface area contributed by atoms with Gasteiger partial charge in [0, 0.05) is 33.3 Å². The molecule has 1 rings (SSSR count). The first-order valence-electron chi connectivity index (χ1n) is 6.18. The van der Waals surface area contributed by atoms with Crippen molar-refractivity contribution < 1.29 is 9.59 Å². The number of nitrogens with zero attached hydrogens (tertiary/aromatic N) is 2. The molecule has 104 valence electrons. The lowest BCUT2D eigenvalue weighted by molar-refractivity contribution is -0.137. The molecule has 1 aromatic rings. The summed E-state index contributed by atoms with van der Waals surface area (Å²) in [4.78, 5) is 26.3. The first-order chi connectivity index (χ1) is 8.90. The highest BCUT2D eigenvalue weighted by molar-refractivity contribution is 5.84. The van der Waals surface area contributed by atoms with E-state index >= 15 is 0 Å². The molecule has 0 aliphatic heterocycles. The van der Waals surface area contributed by atoms with Crippen LogP contribution in [0.4, 0.5) is 5.69 Å². The van der Waals surface area contributed by atoms with Crippen molar-refractivity contribution in [3.63, 3.8) is 0 Å². The largest absolute Gasteiger partial charge is 0.399 e. The number of benzene rings is 1. The number of rotatable bonds is 5. The molecule has 1 aromatic carbocycles. The van der Waals surface area contributed by atoms with E-state index in [1.807, 2.05) is 24.3 Å². The van der Waals surface area contributed by atoms with Crippen LogP contribution >= 0.6 is 0 Å². The van der Waals surface area contributed by atoms with E-state index in [-0.39, 0.29) is 18.4 Å². The highest BCUT2D eigenvalue weighted by Gasteiger charge is 2.13. The minimum atomic E-state index is -0.0802. The summed E-state index contributed by atoms with van der Waals surface area (Å²) in [5, 5.41) is 0. The van der Waals surface area contributed by atoms with Crippen LogP contribution < -0.4 is 5.73 Å². The Bertz CT molecular complexity index is 441. The zero-order valence-corrected chi connectivity index (χ0v) is 11.7. The Morgan fingerprint density at radius 3 is 2.16 bits per heavy atom. The Balaban J connectivity index is 2.42. The maximum Gasteiger partial charge on any atom is 0.241 e. The third-order valence-electron chi connectivity index (χ3n) is 2.90. The first-order valence-corrected chi connectivity index (χ1v) is 6.18. The third kappa shape index (κ3) is 4.99. The lowest BCUT2D eigenvalue weighted by Gasteiger charge is -2.19. The Kier molecular flexibility index (Phi) is 5.36. The average molecular weight is 263 g/mol. The van der Waals surface area contributed by atoms with Crippen LogP contribution in [-0.2, 0) is 16.0 Å². The number of carbonyl (C=O) groups is 2. The monoisotopic (exact) mass is 263 g/mol. The van der Waals surface area contributed by atoms with Gasteiger partial charge in [-0.25, -0.2) is 0 Å². The maximum atomic E-state index is 11.9. The molecular weight excluding hydrogens is 242 g/mol. The second-order valence-corrected chi connectivity index (χ2v) is 4.78. The Hall–Kier alpha value is -2.04. The molecule has 0 spiro atoms. The van der Waals surface area contributed by atoms with E-state index in [2.05, 4.69) is 0 Å². The van der Waals surface area contributed by atoms with E-state index in [0.29, 0.717) is 18.5 Å². The standard InChI is InChI=1S/C14H21N3O2/c1-16(2)14(19)10-17(3)13(18)9-6-11-4-7-12(15)8-5-11/h4-5,7-8H,6,9-10,15H2,1-3H3. The van der Waals surface area contributed by atoms with Gasteiger partial charge in [0.2, 0.25) is 11.8 Å². The van der Waals surface area contributed by atoms with Gasteiger partial charge in [-0.15, -0.1) is 0 Å². The molecular formula is C14H21N3O2. The fourth-order valence-electron chi connectivity index (χ4n) is 1.56. The van der Waals surface area contributed by atoms with E-state index in [1.165, 1.54) is 9.80 Å². The van der Waals surface area contributed by atoms with E-state index < -0.39 is 0 Å². The number of hydrogen-bond donors (Lipinski definition) is 1. The molecule has 0 unspecified atom stereocenters. The van der Waals surface area contributed by atoms with Crippen molar-refractivity contribution in [3.05, 3.63) is 29.8 Å². The van der Waals surface area contributed by atoms with Crippen LogP contribution in [0, 0.1) is 0 Å². The predicted molar refractivity (Wildman–Crippen MR) is 75.5 cm³/mol. The lowest BCUT2D eigenvalue weighted by Crippen LogP contribution is -2.37. The molecule has 19 heavy (non-hydrogen) atoms. The second-order valence-electron chi connectivity index (χ2n) is 4.78. The molecule has 0 aliphatic carbocycles. The van der Waals surface area contributed by atoms with Crippen LogP contribution in [0.5, 0.6) is 0 Å². The van der Waals surface area contributed by atoms with Gasteiger partial charge in [0.05, 0.1) is 6.54 Å². The van der Waals surface area contributed by atoms with Crippen molar-refractivity contribution in [3.8, 4) is 0 Å². The molecule has 5 nitrogen and oxygen atoms in total. The summed E-state index contributed by atoms with van der Waals surface area (Å²) >= 11 is 0. The highest BCUT2D eigenvalue weighted by Crippen LogP contribution is 2.08. The number of carbonyl (C=O) groups excluding carboxylic acids is 2. The molecule has 0 saturated carbocycles. The van der Waals surface area contributed by atoms with Crippen LogP contribution in [0.15, 0.2) is 24.3 Å². The number of likely N-dealkylation sites (N-methyl/N-ethyl adjacent to an activating group) is 2. The van der Waals surface area contributed by atoms with Gasteiger partial charge in [-0.2, -0.15) is 0 Å². The topological polar surface area (TPSA) is 66.6 Å². The zero-order valence-electron chi connectivity index (χ0n) is 11.7. The fourth-order valence-corrected chi connectivity index (χ4v) is 1.56. The van der Waals surface area contributed by atoms with Gasteiger partial charge in [0.25, 0.3) is 0 Å². The number of amides is 2. The van der Waals surface area contributed by atoms with Gasteiger partial charge >= 0.3 is 0 Å². The summed E-state index contributed by atoms with van der Waals surface area (Å²) < 4.78 is 0. The Labute approximate surface area is 114 Å². The predicted octanol–water partition coefficient (Wildman–Crippen LogP) is 0.748. The molecule has 0 aliphatic rings. The first kappa shape index (κ1) is 15.0. The SMILES string of the molecule is CN(C)C(=O)CN(C)C(=O)CCc1ccc(N)cc1. The summed E-state index contributed by atoms with van der Waals surface area (Å²) in [7, 11) is 5.00. The van der Waals surface area contributed by atoms with Crippen molar-refractivity contribution in [2.24, 2.45) is 0 Å². The van der Waals surface area contributed by atoms with Crippen LogP contribution in [-0.4, -0.2) is 49.3 Å². The number of nitrogens with two attached hydrogens (primary N) is 1. The molecule has 2 amide bonds. The van der Waals surface area contributed by atoms with E-state index in [1.54, 1.807) is 21.1 Å². The van der Waals surface area contributed by atoms with Crippen LogP contribution in [0.1, 0.15) is 12.0 Å².